The number of aryl methyl sites for hydroxylation is 2. The van der Waals surface area contributed by atoms with Crippen molar-refractivity contribution in [2.24, 2.45) is 0 Å². The van der Waals surface area contributed by atoms with Crippen molar-refractivity contribution in [2.45, 2.75) is 52.7 Å². The van der Waals surface area contributed by atoms with Crippen LogP contribution in [0, 0.1) is 6.92 Å². The highest BCUT2D eigenvalue weighted by Gasteiger charge is 2.45. The number of nitrogens with zero attached hydrogens (tertiary/aromatic N) is 1. The maximum absolute atomic E-state index is 13.1. The van der Waals surface area contributed by atoms with E-state index < -0.39 is 17.7 Å². The predicted molar refractivity (Wildman–Crippen MR) is 128 cm³/mol. The molecule has 0 aliphatic carbocycles. The molecule has 1 unspecified atom stereocenters. The van der Waals surface area contributed by atoms with Crippen molar-refractivity contribution in [3.63, 3.8) is 0 Å². The summed E-state index contributed by atoms with van der Waals surface area (Å²) < 4.78 is 10.9. The van der Waals surface area contributed by atoms with Crippen LogP contribution in [0.1, 0.15) is 55.5 Å². The Bertz CT molecular complexity index is 1040. The second-order valence-electron chi connectivity index (χ2n) is 8.58. The zero-order valence-corrected chi connectivity index (χ0v) is 20.1. The van der Waals surface area contributed by atoms with E-state index in [0.29, 0.717) is 30.9 Å². The third-order valence-corrected chi connectivity index (χ3v) is 5.80. The Balaban J connectivity index is 2.09. The topological polar surface area (TPSA) is 76.1 Å². The third kappa shape index (κ3) is 5.28. The quantitative estimate of drug-likeness (QED) is 0.256. The molecule has 3 rings (SSSR count). The monoisotopic (exact) mass is 451 g/mol. The van der Waals surface area contributed by atoms with E-state index in [1.165, 1.54) is 4.90 Å². The van der Waals surface area contributed by atoms with Gasteiger partial charge in [0.05, 0.1) is 17.7 Å². The number of rotatable bonds is 9. The standard InChI is InChI=1S/C27H33NO5/c1-6-19-8-10-20(11-9-19)24-23(26(30)27(31)28(24)14-7-15-32-5)25(29)21-12-13-22(18(4)16-21)33-17(2)3/h8-13,16-17,24,29H,6-7,14-15H2,1-5H3/b25-23-. The summed E-state index contributed by atoms with van der Waals surface area (Å²) in [5.74, 6) is -0.733. The molecule has 33 heavy (non-hydrogen) atoms. The van der Waals surface area contributed by atoms with Gasteiger partial charge in [-0.15, -0.1) is 0 Å². The number of likely N-dealkylation sites (tertiary alicyclic amines) is 1. The normalized spacial score (nSPS) is 17.8. The summed E-state index contributed by atoms with van der Waals surface area (Å²) in [6.07, 6.45) is 1.50. The SMILES string of the molecule is CCc1ccc(C2/C(=C(/O)c3ccc(OC(C)C)c(C)c3)C(=O)C(=O)N2CCCOC)cc1. The predicted octanol–water partition coefficient (Wildman–Crippen LogP) is 4.80. The molecule has 1 aliphatic rings. The highest BCUT2D eigenvalue weighted by atomic mass is 16.5. The number of amides is 1. The van der Waals surface area contributed by atoms with Crippen LogP contribution in [-0.2, 0) is 20.7 Å². The lowest BCUT2D eigenvalue weighted by atomic mass is 9.94. The number of carbonyl (C=O) groups excluding carboxylic acids is 2. The zero-order chi connectivity index (χ0) is 24.1. The molecular weight excluding hydrogens is 418 g/mol. The molecule has 176 valence electrons. The molecule has 1 aliphatic heterocycles. The number of carbonyl (C=O) groups is 2. The van der Waals surface area contributed by atoms with Gasteiger partial charge in [-0.05, 0) is 68.5 Å². The fourth-order valence-electron chi connectivity index (χ4n) is 4.11. The molecular formula is C27H33NO5. The molecule has 1 N–H and O–H groups in total. The van der Waals surface area contributed by atoms with Crippen molar-refractivity contribution >= 4 is 17.4 Å². The Morgan fingerprint density at radius 3 is 2.39 bits per heavy atom. The molecule has 0 bridgehead atoms. The molecule has 0 aromatic heterocycles. The Kier molecular flexibility index (Phi) is 7.92. The van der Waals surface area contributed by atoms with Crippen molar-refractivity contribution in [2.75, 3.05) is 20.3 Å². The van der Waals surface area contributed by atoms with Crippen LogP contribution >= 0.6 is 0 Å². The summed E-state index contributed by atoms with van der Waals surface area (Å²) in [6, 6.07) is 12.5. The average molecular weight is 452 g/mol. The number of hydrogen-bond donors (Lipinski definition) is 1. The van der Waals surface area contributed by atoms with Crippen LogP contribution in [0.15, 0.2) is 48.0 Å². The van der Waals surface area contributed by atoms with E-state index in [-0.39, 0.29) is 17.4 Å². The molecule has 1 fully saturated rings. The Hall–Kier alpha value is -3.12. The Labute approximate surface area is 195 Å². The number of aliphatic hydroxyl groups excluding tert-OH is 1. The van der Waals surface area contributed by atoms with E-state index in [0.717, 1.165) is 23.1 Å². The number of methoxy groups -OCH3 is 1. The number of ether oxygens (including phenoxy) is 2. The number of aliphatic hydroxyl groups is 1. The van der Waals surface area contributed by atoms with E-state index in [1.807, 2.05) is 45.0 Å². The fraction of sp³-hybridized carbons (Fsp3) is 0.407. The van der Waals surface area contributed by atoms with Crippen LogP contribution in [-0.4, -0.2) is 48.1 Å². The fourth-order valence-corrected chi connectivity index (χ4v) is 4.11. The summed E-state index contributed by atoms with van der Waals surface area (Å²) in [5.41, 5.74) is 3.38. The molecule has 0 spiro atoms. The number of benzene rings is 2. The summed E-state index contributed by atoms with van der Waals surface area (Å²) in [7, 11) is 1.60. The van der Waals surface area contributed by atoms with E-state index in [1.54, 1.807) is 25.3 Å². The zero-order valence-electron chi connectivity index (χ0n) is 20.1. The van der Waals surface area contributed by atoms with Gasteiger partial charge in [0.1, 0.15) is 11.5 Å². The largest absolute Gasteiger partial charge is 0.507 e. The molecule has 1 amide bonds. The molecule has 1 heterocycles. The number of Topliss-reactive ketones (excluding diaryl/α,β-unsaturated/α-hetero) is 1. The number of ketones is 1. The molecule has 1 saturated heterocycles. The maximum Gasteiger partial charge on any atom is 0.295 e. The lowest BCUT2D eigenvalue weighted by molar-refractivity contribution is -0.140. The molecule has 0 radical (unpaired) electrons. The van der Waals surface area contributed by atoms with Gasteiger partial charge in [0.15, 0.2) is 0 Å². The van der Waals surface area contributed by atoms with Crippen molar-refractivity contribution in [3.05, 3.63) is 70.3 Å². The maximum atomic E-state index is 13.1. The summed E-state index contributed by atoms with van der Waals surface area (Å²) >= 11 is 0. The van der Waals surface area contributed by atoms with E-state index in [4.69, 9.17) is 9.47 Å². The summed E-state index contributed by atoms with van der Waals surface area (Å²) in [4.78, 5) is 27.6. The van der Waals surface area contributed by atoms with Gasteiger partial charge in [0.25, 0.3) is 11.7 Å². The van der Waals surface area contributed by atoms with Crippen LogP contribution in [0.3, 0.4) is 0 Å². The third-order valence-electron chi connectivity index (χ3n) is 5.80. The summed E-state index contributed by atoms with van der Waals surface area (Å²) in [6.45, 7) is 8.68. The second kappa shape index (κ2) is 10.7. The van der Waals surface area contributed by atoms with Crippen molar-refractivity contribution in [1.82, 2.24) is 4.90 Å². The van der Waals surface area contributed by atoms with Gasteiger partial charge in [-0.2, -0.15) is 0 Å². The van der Waals surface area contributed by atoms with Gasteiger partial charge in [0, 0.05) is 25.8 Å². The second-order valence-corrected chi connectivity index (χ2v) is 8.58. The first-order valence-electron chi connectivity index (χ1n) is 11.4. The first kappa shape index (κ1) is 24.5. The highest BCUT2D eigenvalue weighted by Crippen LogP contribution is 2.40. The van der Waals surface area contributed by atoms with E-state index >= 15 is 0 Å². The number of hydrogen-bond acceptors (Lipinski definition) is 5. The van der Waals surface area contributed by atoms with Crippen LogP contribution in [0.4, 0.5) is 0 Å². The van der Waals surface area contributed by atoms with Gasteiger partial charge < -0.3 is 19.5 Å². The Morgan fingerprint density at radius 2 is 1.82 bits per heavy atom. The minimum absolute atomic E-state index is 0.0201. The molecule has 6 heteroatoms. The van der Waals surface area contributed by atoms with Gasteiger partial charge >= 0.3 is 0 Å². The average Bonchev–Trinajstić information content (AvgIpc) is 3.05. The summed E-state index contributed by atoms with van der Waals surface area (Å²) in [5, 5.41) is 11.2. The smallest absolute Gasteiger partial charge is 0.295 e. The van der Waals surface area contributed by atoms with E-state index in [9.17, 15) is 14.7 Å². The lowest BCUT2D eigenvalue weighted by Crippen LogP contribution is -2.31. The molecule has 0 saturated carbocycles. The van der Waals surface area contributed by atoms with Gasteiger partial charge in [-0.1, -0.05) is 31.2 Å². The first-order chi connectivity index (χ1) is 15.8. The van der Waals surface area contributed by atoms with Crippen LogP contribution in [0.2, 0.25) is 0 Å². The molecule has 2 aromatic carbocycles. The molecule has 6 nitrogen and oxygen atoms in total. The van der Waals surface area contributed by atoms with Gasteiger partial charge in [-0.25, -0.2) is 0 Å². The highest BCUT2D eigenvalue weighted by molar-refractivity contribution is 6.46. The van der Waals surface area contributed by atoms with Crippen LogP contribution in [0.5, 0.6) is 5.75 Å². The molecule has 2 aromatic rings. The van der Waals surface area contributed by atoms with E-state index in [2.05, 4.69) is 6.92 Å². The van der Waals surface area contributed by atoms with Gasteiger partial charge in [0.2, 0.25) is 0 Å². The first-order valence-corrected chi connectivity index (χ1v) is 11.4. The lowest BCUT2D eigenvalue weighted by Gasteiger charge is -2.25. The van der Waals surface area contributed by atoms with Crippen molar-refractivity contribution in [3.8, 4) is 5.75 Å². The minimum atomic E-state index is -0.672. The molecule has 1 atom stereocenters. The van der Waals surface area contributed by atoms with Crippen LogP contribution in [0.25, 0.3) is 5.76 Å². The van der Waals surface area contributed by atoms with Crippen LogP contribution < -0.4 is 4.74 Å². The van der Waals surface area contributed by atoms with Crippen molar-refractivity contribution in [1.29, 1.82) is 0 Å². The minimum Gasteiger partial charge on any atom is -0.507 e. The van der Waals surface area contributed by atoms with Crippen molar-refractivity contribution < 1.29 is 24.2 Å². The van der Waals surface area contributed by atoms with Gasteiger partial charge in [-0.3, -0.25) is 9.59 Å². The Morgan fingerprint density at radius 1 is 1.12 bits per heavy atom.